The molecule has 23 heavy (non-hydrogen) atoms. The van der Waals surface area contributed by atoms with Crippen LogP contribution in [0.5, 0.6) is 5.75 Å². The fourth-order valence-electron chi connectivity index (χ4n) is 2.83. The minimum absolute atomic E-state index is 0.111. The summed E-state index contributed by atoms with van der Waals surface area (Å²) in [5.41, 5.74) is 8.95. The molecule has 1 unspecified atom stereocenters. The summed E-state index contributed by atoms with van der Waals surface area (Å²) in [5, 5.41) is 11.8. The average Bonchev–Trinajstić information content (AvgIpc) is 2.91. The first kappa shape index (κ1) is 14.2. The van der Waals surface area contributed by atoms with Crippen molar-refractivity contribution in [3.63, 3.8) is 0 Å². The molecule has 0 bridgehead atoms. The number of benzene rings is 3. The Morgan fingerprint density at radius 1 is 0.957 bits per heavy atom. The second-order valence-corrected chi connectivity index (χ2v) is 6.62. The van der Waals surface area contributed by atoms with Crippen molar-refractivity contribution in [2.75, 3.05) is 17.4 Å². The van der Waals surface area contributed by atoms with Gasteiger partial charge in [0.15, 0.2) is 0 Å². The fourth-order valence-corrected chi connectivity index (χ4v) is 3.95. The number of para-hydroxylation sites is 1. The summed E-state index contributed by atoms with van der Waals surface area (Å²) < 4.78 is 0. The molecule has 116 valence electrons. The smallest absolute Gasteiger partial charge is 0.149 e. The molecule has 0 spiro atoms. The van der Waals surface area contributed by atoms with Crippen LogP contribution >= 0.6 is 11.8 Å². The number of fused-ring (bicyclic) bond motifs is 2. The van der Waals surface area contributed by atoms with E-state index >= 15 is 0 Å². The van der Waals surface area contributed by atoms with Crippen LogP contribution in [0.2, 0.25) is 0 Å². The average molecular weight is 323 g/mol. The normalized spacial score (nSPS) is 16.6. The molecular weight excluding hydrogens is 306 g/mol. The molecule has 3 N–H and O–H groups in total. The van der Waals surface area contributed by atoms with Crippen LogP contribution in [0.1, 0.15) is 0 Å². The SMILES string of the molecule is CN1c2ccccc2SC1NNc1ccc(O)c2ccccc12. The number of hydrazine groups is 1. The Morgan fingerprint density at radius 3 is 2.52 bits per heavy atom. The van der Waals surface area contributed by atoms with Crippen LogP contribution in [0.25, 0.3) is 10.8 Å². The van der Waals surface area contributed by atoms with E-state index in [0.717, 1.165) is 16.5 Å². The predicted octanol–water partition coefficient (Wildman–Crippen LogP) is 3.99. The van der Waals surface area contributed by atoms with Gasteiger partial charge in [-0.2, -0.15) is 0 Å². The maximum absolute atomic E-state index is 9.98. The predicted molar refractivity (Wildman–Crippen MR) is 96.9 cm³/mol. The third-order valence-electron chi connectivity index (χ3n) is 4.07. The van der Waals surface area contributed by atoms with Gasteiger partial charge in [-0.1, -0.05) is 48.2 Å². The highest BCUT2D eigenvalue weighted by molar-refractivity contribution is 8.00. The molecule has 0 saturated carbocycles. The fraction of sp³-hybridized carbons (Fsp3) is 0.111. The number of phenolic OH excluding ortho intramolecular Hbond substituents is 1. The van der Waals surface area contributed by atoms with Gasteiger partial charge in [0.2, 0.25) is 0 Å². The van der Waals surface area contributed by atoms with Gasteiger partial charge < -0.3 is 15.4 Å². The van der Waals surface area contributed by atoms with Gasteiger partial charge in [-0.3, -0.25) is 0 Å². The summed E-state index contributed by atoms with van der Waals surface area (Å²) in [4.78, 5) is 3.47. The van der Waals surface area contributed by atoms with Gasteiger partial charge in [0.25, 0.3) is 0 Å². The van der Waals surface area contributed by atoms with Gasteiger partial charge in [0.1, 0.15) is 11.2 Å². The number of hydrogen-bond donors (Lipinski definition) is 3. The summed E-state index contributed by atoms with van der Waals surface area (Å²) in [6, 6.07) is 19.8. The van der Waals surface area contributed by atoms with E-state index in [-0.39, 0.29) is 5.50 Å². The van der Waals surface area contributed by atoms with E-state index in [1.807, 2.05) is 30.3 Å². The van der Waals surface area contributed by atoms with Gasteiger partial charge in [-0.25, -0.2) is 5.43 Å². The van der Waals surface area contributed by atoms with E-state index < -0.39 is 0 Å². The zero-order valence-corrected chi connectivity index (χ0v) is 13.5. The van der Waals surface area contributed by atoms with Crippen LogP contribution in [-0.4, -0.2) is 17.7 Å². The van der Waals surface area contributed by atoms with Crippen molar-refractivity contribution in [3.8, 4) is 5.75 Å². The molecule has 1 aliphatic heterocycles. The molecule has 1 aliphatic rings. The number of aromatic hydroxyl groups is 1. The maximum Gasteiger partial charge on any atom is 0.149 e. The summed E-state index contributed by atoms with van der Waals surface area (Å²) in [6.07, 6.45) is 0. The Bertz CT molecular complexity index is 868. The van der Waals surface area contributed by atoms with E-state index in [0.29, 0.717) is 5.75 Å². The molecule has 0 radical (unpaired) electrons. The number of hydrogen-bond acceptors (Lipinski definition) is 5. The molecule has 4 nitrogen and oxygen atoms in total. The Kier molecular flexibility index (Phi) is 3.52. The van der Waals surface area contributed by atoms with Crippen molar-refractivity contribution in [1.82, 2.24) is 5.43 Å². The van der Waals surface area contributed by atoms with Crippen LogP contribution in [-0.2, 0) is 0 Å². The zero-order valence-electron chi connectivity index (χ0n) is 12.7. The molecule has 1 atom stereocenters. The molecule has 4 rings (SSSR count). The Hall–Kier alpha value is -2.37. The lowest BCUT2D eigenvalue weighted by Crippen LogP contribution is -2.41. The molecule has 0 amide bonds. The number of thioether (sulfide) groups is 1. The first-order valence-electron chi connectivity index (χ1n) is 7.45. The molecule has 0 aliphatic carbocycles. The zero-order chi connectivity index (χ0) is 15.8. The Morgan fingerprint density at radius 2 is 1.70 bits per heavy atom. The third kappa shape index (κ3) is 2.48. The van der Waals surface area contributed by atoms with Crippen molar-refractivity contribution in [1.29, 1.82) is 0 Å². The van der Waals surface area contributed by atoms with Gasteiger partial charge in [-0.05, 0) is 24.3 Å². The quantitative estimate of drug-likeness (QED) is 0.502. The van der Waals surface area contributed by atoms with Gasteiger partial charge in [-0.15, -0.1) is 0 Å². The molecule has 3 aromatic rings. The minimum atomic E-state index is 0.111. The number of phenols is 1. The van der Waals surface area contributed by atoms with Gasteiger partial charge >= 0.3 is 0 Å². The molecule has 1 heterocycles. The summed E-state index contributed by atoms with van der Waals surface area (Å²) in [6.45, 7) is 0. The van der Waals surface area contributed by atoms with E-state index in [9.17, 15) is 5.11 Å². The summed E-state index contributed by atoms with van der Waals surface area (Å²) >= 11 is 1.77. The number of nitrogens with zero attached hydrogens (tertiary/aromatic N) is 1. The highest BCUT2D eigenvalue weighted by atomic mass is 32.2. The van der Waals surface area contributed by atoms with E-state index in [4.69, 9.17) is 0 Å². The first-order chi connectivity index (χ1) is 11.2. The Balaban J connectivity index is 1.56. The molecule has 0 saturated heterocycles. The van der Waals surface area contributed by atoms with Crippen LogP contribution < -0.4 is 15.8 Å². The molecule has 0 aromatic heterocycles. The number of anilines is 2. The van der Waals surface area contributed by atoms with E-state index in [2.05, 4.69) is 47.1 Å². The van der Waals surface area contributed by atoms with E-state index in [1.54, 1.807) is 17.8 Å². The highest BCUT2D eigenvalue weighted by Gasteiger charge is 2.26. The van der Waals surface area contributed by atoms with Crippen molar-refractivity contribution < 1.29 is 5.11 Å². The van der Waals surface area contributed by atoms with Crippen molar-refractivity contribution in [3.05, 3.63) is 60.7 Å². The van der Waals surface area contributed by atoms with Crippen molar-refractivity contribution in [2.45, 2.75) is 10.4 Å². The molecule has 0 fully saturated rings. The summed E-state index contributed by atoms with van der Waals surface area (Å²) in [7, 11) is 2.08. The first-order valence-corrected chi connectivity index (χ1v) is 8.33. The second-order valence-electron chi connectivity index (χ2n) is 5.50. The Labute approximate surface area is 139 Å². The topological polar surface area (TPSA) is 47.5 Å². The summed E-state index contributed by atoms with van der Waals surface area (Å²) in [5.74, 6) is 0.297. The van der Waals surface area contributed by atoms with Crippen LogP contribution in [0.4, 0.5) is 11.4 Å². The van der Waals surface area contributed by atoms with E-state index in [1.165, 1.54) is 10.6 Å². The number of nitrogens with one attached hydrogen (secondary N) is 2. The standard InChI is InChI=1S/C18H17N3OS/c1-21-15-8-4-5-9-17(15)23-18(21)20-19-14-10-11-16(22)13-7-3-2-6-12(13)14/h2-11,18-20,22H,1H3. The van der Waals surface area contributed by atoms with Crippen LogP contribution in [0, 0.1) is 0 Å². The third-order valence-corrected chi connectivity index (χ3v) is 5.32. The van der Waals surface area contributed by atoms with Crippen molar-refractivity contribution >= 4 is 33.9 Å². The monoisotopic (exact) mass is 323 g/mol. The lowest BCUT2D eigenvalue weighted by Gasteiger charge is -2.23. The van der Waals surface area contributed by atoms with Crippen molar-refractivity contribution in [2.24, 2.45) is 0 Å². The highest BCUT2D eigenvalue weighted by Crippen LogP contribution is 2.41. The molecule has 3 aromatic carbocycles. The minimum Gasteiger partial charge on any atom is -0.507 e. The van der Waals surface area contributed by atoms with Gasteiger partial charge in [0, 0.05) is 22.7 Å². The van der Waals surface area contributed by atoms with Crippen LogP contribution in [0.15, 0.2) is 65.6 Å². The van der Waals surface area contributed by atoms with Crippen LogP contribution in [0.3, 0.4) is 0 Å². The lowest BCUT2D eigenvalue weighted by molar-refractivity contribution is 0.481. The largest absolute Gasteiger partial charge is 0.507 e. The molecule has 5 heteroatoms. The van der Waals surface area contributed by atoms with Gasteiger partial charge in [0.05, 0.1) is 11.4 Å². The second kappa shape index (κ2) is 5.68. The lowest BCUT2D eigenvalue weighted by atomic mass is 10.1. The molecular formula is C18H17N3OS. The number of rotatable bonds is 3. The maximum atomic E-state index is 9.98.